The number of hydrogen-bond acceptors (Lipinski definition) is 3. The molecule has 1 amide bonds. The fourth-order valence-corrected chi connectivity index (χ4v) is 2.17. The quantitative estimate of drug-likeness (QED) is 0.784. The second-order valence-electron chi connectivity index (χ2n) is 3.90. The molecule has 19 heavy (non-hydrogen) atoms. The average molecular weight is 328 g/mol. The van der Waals surface area contributed by atoms with E-state index in [-0.39, 0.29) is 24.2 Å². The largest absolute Gasteiger partial charge is 0.469 e. The Morgan fingerprint density at radius 2 is 1.89 bits per heavy atom. The van der Waals surface area contributed by atoms with Crippen molar-refractivity contribution in [1.82, 2.24) is 0 Å². The Hall–Kier alpha value is -1.36. The molecule has 0 N–H and O–H groups in total. The van der Waals surface area contributed by atoms with Crippen LogP contribution in [0.1, 0.15) is 20.3 Å². The van der Waals surface area contributed by atoms with Gasteiger partial charge in [-0.15, -0.1) is 0 Å². The third kappa shape index (κ3) is 3.80. The highest BCUT2D eigenvalue weighted by atomic mass is 79.9. The number of esters is 1. The standard InChI is InChI=1S/C12H12BrNO3.C2H6/c1-17-12(16)8-6-11(15)14(7-8)10-4-2-9(13)3-5-10;1-2/h2-5,8H,6-7H2,1H3;1-2H3. The molecule has 0 saturated carbocycles. The van der Waals surface area contributed by atoms with Gasteiger partial charge in [0.05, 0.1) is 13.0 Å². The Bertz CT molecular complexity index is 445. The smallest absolute Gasteiger partial charge is 0.311 e. The summed E-state index contributed by atoms with van der Waals surface area (Å²) in [5.74, 6) is -0.711. The molecule has 0 spiro atoms. The molecule has 1 heterocycles. The third-order valence-corrected chi connectivity index (χ3v) is 3.33. The van der Waals surface area contributed by atoms with Crippen molar-refractivity contribution in [2.75, 3.05) is 18.6 Å². The highest BCUT2D eigenvalue weighted by Crippen LogP contribution is 2.26. The van der Waals surface area contributed by atoms with E-state index in [0.29, 0.717) is 6.54 Å². The van der Waals surface area contributed by atoms with Gasteiger partial charge in [-0.1, -0.05) is 29.8 Å². The maximum Gasteiger partial charge on any atom is 0.311 e. The summed E-state index contributed by atoms with van der Waals surface area (Å²) < 4.78 is 5.62. The van der Waals surface area contributed by atoms with E-state index < -0.39 is 0 Å². The zero-order valence-corrected chi connectivity index (χ0v) is 12.9. The number of hydrogen-bond donors (Lipinski definition) is 0. The van der Waals surface area contributed by atoms with Crippen LogP contribution in [0, 0.1) is 5.92 Å². The van der Waals surface area contributed by atoms with Crippen LogP contribution >= 0.6 is 15.9 Å². The Morgan fingerprint density at radius 3 is 2.42 bits per heavy atom. The number of anilines is 1. The van der Waals surface area contributed by atoms with E-state index in [0.717, 1.165) is 10.2 Å². The molecule has 2 rings (SSSR count). The minimum atomic E-state index is -0.351. The first kappa shape index (κ1) is 15.7. The molecule has 4 nitrogen and oxygen atoms in total. The summed E-state index contributed by atoms with van der Waals surface area (Å²) in [4.78, 5) is 24.8. The number of methoxy groups -OCH3 is 1. The lowest BCUT2D eigenvalue weighted by Crippen LogP contribution is -2.26. The number of nitrogens with zero attached hydrogens (tertiary/aromatic N) is 1. The van der Waals surface area contributed by atoms with Crippen molar-refractivity contribution in [2.24, 2.45) is 5.92 Å². The van der Waals surface area contributed by atoms with Crippen LogP contribution < -0.4 is 4.90 Å². The molecule has 104 valence electrons. The molecule has 0 bridgehead atoms. The van der Waals surface area contributed by atoms with E-state index in [9.17, 15) is 9.59 Å². The van der Waals surface area contributed by atoms with Gasteiger partial charge in [0.15, 0.2) is 0 Å². The van der Waals surface area contributed by atoms with E-state index in [1.54, 1.807) is 4.90 Å². The van der Waals surface area contributed by atoms with Gasteiger partial charge in [-0.25, -0.2) is 0 Å². The zero-order valence-electron chi connectivity index (χ0n) is 11.4. The number of carbonyl (C=O) groups excluding carboxylic acids is 2. The number of amides is 1. The van der Waals surface area contributed by atoms with Crippen LogP contribution in [-0.4, -0.2) is 25.5 Å². The Kier molecular flexibility index (Phi) is 6.02. The van der Waals surface area contributed by atoms with Crippen molar-refractivity contribution >= 4 is 33.5 Å². The molecule has 1 aromatic carbocycles. The molecule has 1 fully saturated rings. The van der Waals surface area contributed by atoms with Crippen molar-refractivity contribution in [2.45, 2.75) is 20.3 Å². The van der Waals surface area contributed by atoms with Crippen LogP contribution in [0.15, 0.2) is 28.7 Å². The summed E-state index contributed by atoms with van der Waals surface area (Å²) in [7, 11) is 1.34. The van der Waals surface area contributed by atoms with Crippen LogP contribution in [0.3, 0.4) is 0 Å². The lowest BCUT2D eigenvalue weighted by atomic mass is 10.1. The molecule has 1 atom stereocenters. The van der Waals surface area contributed by atoms with Crippen molar-refractivity contribution in [3.8, 4) is 0 Å². The average Bonchev–Trinajstić information content (AvgIpc) is 2.83. The Balaban J connectivity index is 0.000000861. The van der Waals surface area contributed by atoms with E-state index in [4.69, 9.17) is 0 Å². The van der Waals surface area contributed by atoms with Gasteiger partial charge in [-0.05, 0) is 24.3 Å². The summed E-state index contributed by atoms with van der Waals surface area (Å²) >= 11 is 3.34. The molecule has 0 radical (unpaired) electrons. The fraction of sp³-hybridized carbons (Fsp3) is 0.429. The Labute approximate surface area is 121 Å². The van der Waals surface area contributed by atoms with Crippen molar-refractivity contribution in [3.05, 3.63) is 28.7 Å². The highest BCUT2D eigenvalue weighted by Gasteiger charge is 2.35. The molecule has 0 aliphatic carbocycles. The van der Waals surface area contributed by atoms with Crippen molar-refractivity contribution < 1.29 is 14.3 Å². The SMILES string of the molecule is CC.COC(=O)C1CC(=O)N(c2ccc(Br)cc2)C1. The van der Waals surface area contributed by atoms with Gasteiger partial charge < -0.3 is 9.64 Å². The Morgan fingerprint density at radius 1 is 1.32 bits per heavy atom. The molecular formula is C14H18BrNO3. The topological polar surface area (TPSA) is 46.6 Å². The minimum Gasteiger partial charge on any atom is -0.469 e. The molecule has 1 aliphatic heterocycles. The first-order valence-corrected chi connectivity index (χ1v) is 7.05. The predicted molar refractivity (Wildman–Crippen MR) is 78.0 cm³/mol. The monoisotopic (exact) mass is 327 g/mol. The molecule has 1 saturated heterocycles. The molecule has 1 aromatic rings. The predicted octanol–water partition coefficient (Wildman–Crippen LogP) is 3.00. The molecule has 1 aliphatic rings. The highest BCUT2D eigenvalue weighted by molar-refractivity contribution is 9.10. The van der Waals surface area contributed by atoms with E-state index >= 15 is 0 Å². The second kappa shape index (κ2) is 7.28. The molecule has 1 unspecified atom stereocenters. The van der Waals surface area contributed by atoms with Gasteiger partial charge in [0.2, 0.25) is 5.91 Å². The lowest BCUT2D eigenvalue weighted by Gasteiger charge is -2.16. The van der Waals surface area contributed by atoms with Gasteiger partial charge >= 0.3 is 5.97 Å². The summed E-state index contributed by atoms with van der Waals surface area (Å²) in [6.07, 6.45) is 0.225. The maximum atomic E-state index is 11.8. The zero-order chi connectivity index (χ0) is 14.4. The van der Waals surface area contributed by atoms with Crippen molar-refractivity contribution in [1.29, 1.82) is 0 Å². The molecule has 5 heteroatoms. The lowest BCUT2D eigenvalue weighted by molar-refractivity contribution is -0.145. The number of carbonyl (C=O) groups is 2. The normalized spacial score (nSPS) is 17.8. The van der Waals surface area contributed by atoms with Gasteiger partial charge in [-0.2, -0.15) is 0 Å². The second-order valence-corrected chi connectivity index (χ2v) is 4.82. The van der Waals surface area contributed by atoms with E-state index in [2.05, 4.69) is 20.7 Å². The van der Waals surface area contributed by atoms with Gasteiger partial charge in [0.25, 0.3) is 0 Å². The van der Waals surface area contributed by atoms with Crippen LogP contribution in [0.2, 0.25) is 0 Å². The van der Waals surface area contributed by atoms with E-state index in [1.807, 2.05) is 38.1 Å². The first-order chi connectivity index (χ1) is 9.11. The van der Waals surface area contributed by atoms with E-state index in [1.165, 1.54) is 7.11 Å². The van der Waals surface area contributed by atoms with Crippen LogP contribution in [0.5, 0.6) is 0 Å². The number of ether oxygens (including phenoxy) is 1. The number of benzene rings is 1. The summed E-state index contributed by atoms with van der Waals surface area (Å²) in [5, 5.41) is 0. The van der Waals surface area contributed by atoms with Crippen LogP contribution in [0.25, 0.3) is 0 Å². The summed E-state index contributed by atoms with van der Waals surface area (Å²) in [6.45, 7) is 4.40. The van der Waals surface area contributed by atoms with Crippen LogP contribution in [-0.2, 0) is 14.3 Å². The first-order valence-electron chi connectivity index (χ1n) is 6.25. The third-order valence-electron chi connectivity index (χ3n) is 2.80. The van der Waals surface area contributed by atoms with Crippen molar-refractivity contribution in [3.63, 3.8) is 0 Å². The maximum absolute atomic E-state index is 11.8. The van der Waals surface area contributed by atoms with Crippen LogP contribution in [0.4, 0.5) is 5.69 Å². The minimum absolute atomic E-state index is 0.0391. The van der Waals surface area contributed by atoms with Gasteiger partial charge in [0.1, 0.15) is 0 Å². The van der Waals surface area contributed by atoms with Gasteiger partial charge in [0, 0.05) is 23.1 Å². The number of halogens is 1. The fourth-order valence-electron chi connectivity index (χ4n) is 1.90. The summed E-state index contributed by atoms with van der Waals surface area (Å²) in [5.41, 5.74) is 0.810. The van der Waals surface area contributed by atoms with Gasteiger partial charge in [-0.3, -0.25) is 9.59 Å². The number of rotatable bonds is 2. The molecule has 0 aromatic heterocycles. The molecular weight excluding hydrogens is 310 g/mol. The summed E-state index contributed by atoms with van der Waals surface area (Å²) in [6, 6.07) is 7.44.